The van der Waals surface area contributed by atoms with Crippen molar-refractivity contribution >= 4 is 33.4 Å². The summed E-state index contributed by atoms with van der Waals surface area (Å²) >= 11 is 0. The van der Waals surface area contributed by atoms with Crippen molar-refractivity contribution in [3.63, 3.8) is 0 Å². The molecule has 0 atom stereocenters. The van der Waals surface area contributed by atoms with E-state index in [1.165, 1.54) is 36.4 Å². The van der Waals surface area contributed by atoms with Gasteiger partial charge in [-0.1, -0.05) is 43.3 Å². The molecule has 2 N–H and O–H groups in total. The van der Waals surface area contributed by atoms with Gasteiger partial charge in [0.1, 0.15) is 0 Å². The summed E-state index contributed by atoms with van der Waals surface area (Å²) in [5.41, 5.74) is 1.66. The van der Waals surface area contributed by atoms with Gasteiger partial charge in [0.2, 0.25) is 15.9 Å². The van der Waals surface area contributed by atoms with Crippen LogP contribution in [0, 0.1) is 0 Å². The molecule has 3 aromatic rings. The summed E-state index contributed by atoms with van der Waals surface area (Å²) in [6.07, 6.45) is 0.336. The molecule has 0 heterocycles. The van der Waals surface area contributed by atoms with Crippen LogP contribution in [0.2, 0.25) is 0 Å². The summed E-state index contributed by atoms with van der Waals surface area (Å²) in [4.78, 5) is 36.1. The highest BCUT2D eigenvalue weighted by Gasteiger charge is 2.18. The summed E-state index contributed by atoms with van der Waals surface area (Å²) in [5.74, 6) is -1.40. The highest BCUT2D eigenvalue weighted by atomic mass is 32.2. The Hall–Kier alpha value is -3.82. The fourth-order valence-corrected chi connectivity index (χ4v) is 4.00. The number of hydrogen-bond acceptors (Lipinski definition) is 6. The molecule has 0 aliphatic heterocycles. The number of carbonyl (C=O) groups is 3. The van der Waals surface area contributed by atoms with Gasteiger partial charge in [-0.15, -0.1) is 0 Å². The molecular formula is C25H24N2O6S. The number of nitrogens with one attached hydrogen (secondary N) is 2. The maximum Gasteiger partial charge on any atom is 0.338 e. The minimum absolute atomic E-state index is 0.00742. The van der Waals surface area contributed by atoms with Crippen LogP contribution in [-0.2, 0) is 26.1 Å². The number of hydrogen-bond donors (Lipinski definition) is 2. The van der Waals surface area contributed by atoms with Gasteiger partial charge in [-0.05, 0) is 48.0 Å². The minimum atomic E-state index is -3.86. The van der Waals surface area contributed by atoms with Gasteiger partial charge >= 0.3 is 5.97 Å². The number of amides is 1. The van der Waals surface area contributed by atoms with E-state index in [2.05, 4.69) is 10.0 Å². The predicted octanol–water partition coefficient (Wildman–Crippen LogP) is 3.55. The molecule has 0 aliphatic rings. The maximum absolute atomic E-state index is 12.6. The van der Waals surface area contributed by atoms with Crippen molar-refractivity contribution < 1.29 is 27.5 Å². The average molecular weight is 481 g/mol. The predicted molar refractivity (Wildman–Crippen MR) is 127 cm³/mol. The molecule has 0 saturated carbocycles. The van der Waals surface area contributed by atoms with Crippen LogP contribution in [0.25, 0.3) is 0 Å². The number of anilines is 1. The van der Waals surface area contributed by atoms with Crippen LogP contribution in [0.15, 0.2) is 83.8 Å². The quantitative estimate of drug-likeness (QED) is 0.338. The van der Waals surface area contributed by atoms with Gasteiger partial charge in [0.25, 0.3) is 0 Å². The number of ketones is 1. The van der Waals surface area contributed by atoms with Crippen molar-refractivity contribution in [1.82, 2.24) is 4.72 Å². The van der Waals surface area contributed by atoms with Gasteiger partial charge in [0.15, 0.2) is 12.4 Å². The van der Waals surface area contributed by atoms with Crippen LogP contribution >= 0.6 is 0 Å². The Balaban J connectivity index is 1.59. The van der Waals surface area contributed by atoms with E-state index in [0.29, 0.717) is 17.7 Å². The third-order valence-electron chi connectivity index (χ3n) is 4.84. The number of Topliss-reactive ketones (excluding diaryl/α,β-unsaturated/α-hetero) is 1. The molecule has 3 rings (SSSR count). The second-order valence-corrected chi connectivity index (χ2v) is 9.08. The Morgan fingerprint density at radius 3 is 2.24 bits per heavy atom. The SMILES string of the molecule is CCC(=O)Nc1ccc(C(=O)COC(=O)c2cccc(S(=O)(=O)NCc3ccccc3)c2)cc1. The Morgan fingerprint density at radius 1 is 0.853 bits per heavy atom. The van der Waals surface area contributed by atoms with E-state index in [0.717, 1.165) is 5.56 Å². The molecule has 176 valence electrons. The van der Waals surface area contributed by atoms with Crippen molar-refractivity contribution in [1.29, 1.82) is 0 Å². The molecule has 0 aromatic heterocycles. The standard InChI is InChI=1S/C25H24N2O6S/c1-2-24(29)27-21-13-11-19(12-14-21)23(28)17-33-25(30)20-9-6-10-22(15-20)34(31,32)26-16-18-7-4-3-5-8-18/h3-15,26H,2,16-17H2,1H3,(H,27,29). The molecule has 0 unspecified atom stereocenters. The number of benzene rings is 3. The van der Waals surface area contributed by atoms with Crippen LogP contribution in [-0.4, -0.2) is 32.7 Å². The summed E-state index contributed by atoms with van der Waals surface area (Å²) < 4.78 is 32.8. The van der Waals surface area contributed by atoms with Gasteiger partial charge in [-0.2, -0.15) is 0 Å². The van der Waals surface area contributed by atoms with Crippen LogP contribution in [0.1, 0.15) is 39.6 Å². The van der Waals surface area contributed by atoms with Crippen molar-refractivity contribution in [2.45, 2.75) is 24.8 Å². The van der Waals surface area contributed by atoms with E-state index in [1.54, 1.807) is 43.3 Å². The molecule has 0 spiro atoms. The Bertz CT molecular complexity index is 1270. The minimum Gasteiger partial charge on any atom is -0.454 e. The van der Waals surface area contributed by atoms with Crippen LogP contribution in [0.3, 0.4) is 0 Å². The van der Waals surface area contributed by atoms with Gasteiger partial charge in [-0.25, -0.2) is 17.9 Å². The zero-order valence-corrected chi connectivity index (χ0v) is 19.3. The van der Waals surface area contributed by atoms with E-state index < -0.39 is 28.4 Å². The van der Waals surface area contributed by atoms with E-state index in [4.69, 9.17) is 4.74 Å². The van der Waals surface area contributed by atoms with Crippen LogP contribution in [0.5, 0.6) is 0 Å². The van der Waals surface area contributed by atoms with E-state index in [1.807, 2.05) is 6.07 Å². The molecule has 3 aromatic carbocycles. The van der Waals surface area contributed by atoms with Crippen LogP contribution in [0.4, 0.5) is 5.69 Å². The topological polar surface area (TPSA) is 119 Å². The van der Waals surface area contributed by atoms with Gasteiger partial charge in [0.05, 0.1) is 10.5 Å². The van der Waals surface area contributed by atoms with Gasteiger partial charge in [0, 0.05) is 24.2 Å². The summed E-state index contributed by atoms with van der Waals surface area (Å²) in [7, 11) is -3.86. The first-order valence-electron chi connectivity index (χ1n) is 10.5. The van der Waals surface area contributed by atoms with Gasteiger partial charge < -0.3 is 10.1 Å². The number of ether oxygens (including phenoxy) is 1. The van der Waals surface area contributed by atoms with Gasteiger partial charge in [-0.3, -0.25) is 9.59 Å². The molecule has 0 radical (unpaired) electrons. The fraction of sp³-hybridized carbons (Fsp3) is 0.160. The lowest BCUT2D eigenvalue weighted by molar-refractivity contribution is -0.115. The van der Waals surface area contributed by atoms with E-state index >= 15 is 0 Å². The average Bonchev–Trinajstić information content (AvgIpc) is 2.87. The molecule has 8 nitrogen and oxygen atoms in total. The third kappa shape index (κ3) is 6.84. The fourth-order valence-electron chi connectivity index (χ4n) is 2.93. The summed E-state index contributed by atoms with van der Waals surface area (Å²) in [6, 6.07) is 20.6. The lowest BCUT2D eigenvalue weighted by atomic mass is 10.1. The van der Waals surface area contributed by atoms with Crippen LogP contribution < -0.4 is 10.0 Å². The van der Waals surface area contributed by atoms with E-state index in [9.17, 15) is 22.8 Å². The van der Waals surface area contributed by atoms with Crippen molar-refractivity contribution in [3.05, 3.63) is 95.6 Å². The second kappa shape index (κ2) is 11.4. The molecule has 0 saturated heterocycles. The molecule has 0 aliphatic carbocycles. The Morgan fingerprint density at radius 2 is 1.56 bits per heavy atom. The number of esters is 1. The first kappa shape index (κ1) is 24.8. The molecule has 34 heavy (non-hydrogen) atoms. The highest BCUT2D eigenvalue weighted by molar-refractivity contribution is 7.89. The zero-order valence-electron chi connectivity index (χ0n) is 18.5. The van der Waals surface area contributed by atoms with E-state index in [-0.39, 0.29) is 22.9 Å². The first-order valence-corrected chi connectivity index (χ1v) is 12.0. The molecule has 0 bridgehead atoms. The second-order valence-electron chi connectivity index (χ2n) is 7.32. The normalized spacial score (nSPS) is 11.0. The molecule has 9 heteroatoms. The summed E-state index contributed by atoms with van der Waals surface area (Å²) in [6.45, 7) is 1.32. The smallest absolute Gasteiger partial charge is 0.338 e. The number of carbonyl (C=O) groups excluding carboxylic acids is 3. The zero-order chi connectivity index (χ0) is 24.6. The third-order valence-corrected chi connectivity index (χ3v) is 6.23. The van der Waals surface area contributed by atoms with Crippen molar-refractivity contribution in [2.75, 3.05) is 11.9 Å². The first-order chi connectivity index (χ1) is 16.3. The highest BCUT2D eigenvalue weighted by Crippen LogP contribution is 2.14. The maximum atomic E-state index is 12.6. The lowest BCUT2D eigenvalue weighted by Gasteiger charge is -2.09. The van der Waals surface area contributed by atoms with Crippen molar-refractivity contribution in [2.24, 2.45) is 0 Å². The summed E-state index contributed by atoms with van der Waals surface area (Å²) in [5, 5.41) is 2.68. The Labute approximate surface area is 198 Å². The molecule has 0 fully saturated rings. The van der Waals surface area contributed by atoms with Crippen molar-refractivity contribution in [3.8, 4) is 0 Å². The lowest BCUT2D eigenvalue weighted by Crippen LogP contribution is -2.23. The monoisotopic (exact) mass is 480 g/mol. The molecular weight excluding hydrogens is 456 g/mol. The number of sulfonamides is 1. The molecule has 1 amide bonds. The number of rotatable bonds is 10. The largest absolute Gasteiger partial charge is 0.454 e. The Kier molecular flexibility index (Phi) is 8.29.